The van der Waals surface area contributed by atoms with E-state index in [2.05, 4.69) is 15.5 Å². The standard InChI is InChI=1S/C20H28FN5O3S/c1-24-17-15(19(27)25(2)20(24)28)18(30-11-8-26-6-9-29-10-7-26)23-16(22-17)13-4-3-5-14(21)12-13/h3-5,12,15-18,22-23H,6-11H2,1-2H3. The predicted molar refractivity (Wildman–Crippen MR) is 112 cm³/mol. The van der Waals surface area contributed by atoms with Crippen LogP contribution in [-0.2, 0) is 9.53 Å². The SMILES string of the molecule is CN1C(=O)C2C(SCCN3CCOCC3)NC(c3cccc(F)c3)NC2N(C)C1=O. The van der Waals surface area contributed by atoms with Gasteiger partial charge in [0.25, 0.3) is 0 Å². The van der Waals surface area contributed by atoms with Gasteiger partial charge in [0.1, 0.15) is 5.82 Å². The molecule has 3 aliphatic rings. The average molecular weight is 438 g/mol. The van der Waals surface area contributed by atoms with Crippen LogP contribution in [0.1, 0.15) is 11.7 Å². The highest BCUT2D eigenvalue weighted by atomic mass is 32.2. The van der Waals surface area contributed by atoms with Gasteiger partial charge in [0.05, 0.1) is 36.8 Å². The summed E-state index contributed by atoms with van der Waals surface area (Å²) in [7, 11) is 3.21. The van der Waals surface area contributed by atoms with E-state index in [4.69, 9.17) is 4.74 Å². The largest absolute Gasteiger partial charge is 0.379 e. The van der Waals surface area contributed by atoms with Crippen molar-refractivity contribution in [3.63, 3.8) is 0 Å². The first-order chi connectivity index (χ1) is 14.5. The van der Waals surface area contributed by atoms with Crippen molar-refractivity contribution in [3.05, 3.63) is 35.6 Å². The maximum Gasteiger partial charge on any atom is 0.327 e. The van der Waals surface area contributed by atoms with Crippen molar-refractivity contribution in [2.75, 3.05) is 52.7 Å². The van der Waals surface area contributed by atoms with Gasteiger partial charge in [0, 0.05) is 39.5 Å². The number of thioether (sulfide) groups is 1. The van der Waals surface area contributed by atoms with Crippen molar-refractivity contribution in [1.82, 2.24) is 25.3 Å². The number of carbonyl (C=O) groups excluding carboxylic acids is 2. The van der Waals surface area contributed by atoms with Gasteiger partial charge in [-0.15, -0.1) is 11.8 Å². The zero-order chi connectivity index (χ0) is 21.3. The van der Waals surface area contributed by atoms with Crippen LogP contribution in [0.15, 0.2) is 24.3 Å². The number of ether oxygens (including phenoxy) is 1. The van der Waals surface area contributed by atoms with E-state index in [0.717, 1.165) is 44.2 Å². The van der Waals surface area contributed by atoms with Gasteiger partial charge in [0.2, 0.25) is 5.91 Å². The molecule has 2 N–H and O–H groups in total. The summed E-state index contributed by atoms with van der Waals surface area (Å²) in [6.45, 7) is 4.23. The number of nitrogens with zero attached hydrogens (tertiary/aromatic N) is 3. The minimum absolute atomic E-state index is 0.204. The number of fused-ring (bicyclic) bond motifs is 1. The summed E-state index contributed by atoms with van der Waals surface area (Å²) < 4.78 is 19.2. The molecule has 4 rings (SSSR count). The fourth-order valence-electron chi connectivity index (χ4n) is 4.21. The number of benzene rings is 1. The molecule has 0 spiro atoms. The number of urea groups is 1. The molecule has 3 aliphatic heterocycles. The molecule has 3 saturated heterocycles. The van der Waals surface area contributed by atoms with Gasteiger partial charge in [-0.3, -0.25) is 25.2 Å². The number of rotatable bonds is 5. The van der Waals surface area contributed by atoms with Gasteiger partial charge in [-0.2, -0.15) is 0 Å². The number of amides is 3. The van der Waals surface area contributed by atoms with E-state index < -0.39 is 12.1 Å². The average Bonchev–Trinajstić information content (AvgIpc) is 2.76. The quantitative estimate of drug-likeness (QED) is 0.708. The van der Waals surface area contributed by atoms with Crippen LogP contribution < -0.4 is 10.6 Å². The van der Waals surface area contributed by atoms with E-state index in [0.29, 0.717) is 0 Å². The third-order valence-corrected chi connectivity index (χ3v) is 7.15. The number of hydrogen-bond donors (Lipinski definition) is 2. The molecule has 4 unspecified atom stereocenters. The Balaban J connectivity index is 1.52. The highest BCUT2D eigenvalue weighted by molar-refractivity contribution is 7.99. The number of morpholine rings is 1. The van der Waals surface area contributed by atoms with E-state index >= 15 is 0 Å². The molecule has 0 radical (unpaired) electrons. The van der Waals surface area contributed by atoms with Crippen molar-refractivity contribution >= 4 is 23.7 Å². The molecule has 3 amide bonds. The Kier molecular flexibility index (Phi) is 6.59. The lowest BCUT2D eigenvalue weighted by molar-refractivity contribution is -0.140. The molecule has 0 saturated carbocycles. The van der Waals surface area contributed by atoms with Crippen LogP contribution in [0.5, 0.6) is 0 Å². The second-order valence-electron chi connectivity index (χ2n) is 7.83. The summed E-state index contributed by atoms with van der Waals surface area (Å²) in [5, 5.41) is 6.60. The van der Waals surface area contributed by atoms with E-state index in [9.17, 15) is 14.0 Å². The molecule has 0 aliphatic carbocycles. The van der Waals surface area contributed by atoms with Crippen molar-refractivity contribution in [2.24, 2.45) is 5.92 Å². The van der Waals surface area contributed by atoms with Gasteiger partial charge in [-0.05, 0) is 17.7 Å². The molecule has 4 atom stereocenters. The Hall–Kier alpha value is -1.72. The summed E-state index contributed by atoms with van der Waals surface area (Å²) >= 11 is 1.68. The first-order valence-corrected chi connectivity index (χ1v) is 11.2. The van der Waals surface area contributed by atoms with Crippen LogP contribution in [0.3, 0.4) is 0 Å². The summed E-state index contributed by atoms with van der Waals surface area (Å²) in [4.78, 5) is 30.6. The minimum Gasteiger partial charge on any atom is -0.379 e. The monoisotopic (exact) mass is 437 g/mol. The Morgan fingerprint density at radius 2 is 1.97 bits per heavy atom. The maximum absolute atomic E-state index is 13.8. The molecule has 3 fully saturated rings. The Bertz CT molecular complexity index is 793. The van der Waals surface area contributed by atoms with Crippen molar-refractivity contribution in [3.8, 4) is 0 Å². The molecular formula is C20H28FN5O3S. The van der Waals surface area contributed by atoms with Crippen LogP contribution in [0, 0.1) is 11.7 Å². The van der Waals surface area contributed by atoms with Crippen LogP contribution in [-0.4, -0.2) is 90.9 Å². The van der Waals surface area contributed by atoms with Gasteiger partial charge in [-0.25, -0.2) is 9.18 Å². The molecular weight excluding hydrogens is 409 g/mol. The second-order valence-corrected chi connectivity index (χ2v) is 9.08. The van der Waals surface area contributed by atoms with E-state index in [1.165, 1.54) is 24.1 Å². The third-order valence-electron chi connectivity index (χ3n) is 5.95. The lowest BCUT2D eigenvalue weighted by Crippen LogP contribution is -2.72. The number of halogens is 1. The fraction of sp³-hybridized carbons (Fsp3) is 0.600. The molecule has 1 aromatic rings. The van der Waals surface area contributed by atoms with Gasteiger partial charge < -0.3 is 9.64 Å². The molecule has 164 valence electrons. The number of hydrogen-bond acceptors (Lipinski definition) is 7. The fourth-order valence-corrected chi connectivity index (χ4v) is 5.53. The van der Waals surface area contributed by atoms with Crippen LogP contribution in [0.2, 0.25) is 0 Å². The van der Waals surface area contributed by atoms with Crippen molar-refractivity contribution in [1.29, 1.82) is 0 Å². The van der Waals surface area contributed by atoms with Crippen LogP contribution in [0.25, 0.3) is 0 Å². The topological polar surface area (TPSA) is 77.2 Å². The Labute approximate surface area is 180 Å². The number of imide groups is 1. The second kappa shape index (κ2) is 9.19. The number of carbonyl (C=O) groups is 2. The van der Waals surface area contributed by atoms with Crippen LogP contribution in [0.4, 0.5) is 9.18 Å². The third kappa shape index (κ3) is 4.33. The lowest BCUT2D eigenvalue weighted by atomic mass is 9.96. The molecule has 10 heteroatoms. The van der Waals surface area contributed by atoms with E-state index in [-0.39, 0.29) is 29.3 Å². The molecule has 30 heavy (non-hydrogen) atoms. The maximum atomic E-state index is 13.8. The summed E-state index contributed by atoms with van der Waals surface area (Å²) in [5.41, 5.74) is 0.736. The van der Waals surface area contributed by atoms with E-state index in [1.807, 2.05) is 6.07 Å². The Morgan fingerprint density at radius 1 is 1.20 bits per heavy atom. The predicted octanol–water partition coefficient (Wildman–Crippen LogP) is 0.875. The van der Waals surface area contributed by atoms with Crippen LogP contribution >= 0.6 is 11.8 Å². The van der Waals surface area contributed by atoms with Crippen molar-refractivity contribution < 1.29 is 18.7 Å². The first kappa shape index (κ1) is 21.5. The zero-order valence-electron chi connectivity index (χ0n) is 17.2. The number of nitrogens with one attached hydrogen (secondary N) is 2. The summed E-state index contributed by atoms with van der Waals surface area (Å²) in [6, 6.07) is 6.03. The molecule has 8 nitrogen and oxygen atoms in total. The smallest absolute Gasteiger partial charge is 0.327 e. The zero-order valence-corrected chi connectivity index (χ0v) is 18.0. The highest BCUT2D eigenvalue weighted by Gasteiger charge is 2.51. The van der Waals surface area contributed by atoms with Gasteiger partial charge in [-0.1, -0.05) is 12.1 Å². The molecule has 3 heterocycles. The lowest BCUT2D eigenvalue weighted by Gasteiger charge is -2.50. The molecule has 0 bridgehead atoms. The molecule has 1 aromatic carbocycles. The first-order valence-electron chi connectivity index (χ1n) is 10.2. The van der Waals surface area contributed by atoms with E-state index in [1.54, 1.807) is 29.8 Å². The van der Waals surface area contributed by atoms with Gasteiger partial charge >= 0.3 is 6.03 Å². The van der Waals surface area contributed by atoms with Gasteiger partial charge in [0.15, 0.2) is 0 Å². The molecule has 0 aromatic heterocycles. The Morgan fingerprint density at radius 3 is 2.70 bits per heavy atom. The van der Waals surface area contributed by atoms with Crippen molar-refractivity contribution in [2.45, 2.75) is 17.7 Å². The normalized spacial score (nSPS) is 30.5. The highest BCUT2D eigenvalue weighted by Crippen LogP contribution is 2.34. The summed E-state index contributed by atoms with van der Waals surface area (Å²) in [5.74, 6) is -0.119. The summed E-state index contributed by atoms with van der Waals surface area (Å²) in [6.07, 6.45) is -0.828. The minimum atomic E-state index is -0.461.